The highest BCUT2D eigenvalue weighted by Crippen LogP contribution is 2.51. The molecule has 28 heavy (non-hydrogen) atoms. The SMILES string of the molecule is O=S(=O)(c1ccccc1)N1CC2CC(O)(c3cc(Cl)cc4[nH]ncc34)CC2C1. The van der Waals surface area contributed by atoms with Crippen LogP contribution in [-0.2, 0) is 15.6 Å². The third-order valence-electron chi connectivity index (χ3n) is 6.15. The topological polar surface area (TPSA) is 86.3 Å². The van der Waals surface area contributed by atoms with Crippen molar-refractivity contribution in [3.63, 3.8) is 0 Å². The fraction of sp³-hybridized carbons (Fsp3) is 0.350. The van der Waals surface area contributed by atoms with Gasteiger partial charge in [-0.25, -0.2) is 8.42 Å². The van der Waals surface area contributed by atoms with Gasteiger partial charge in [-0.15, -0.1) is 0 Å². The largest absolute Gasteiger partial charge is 0.385 e. The summed E-state index contributed by atoms with van der Waals surface area (Å²) in [6.45, 7) is 0.860. The number of aromatic nitrogens is 2. The van der Waals surface area contributed by atoms with E-state index in [0.29, 0.717) is 35.8 Å². The summed E-state index contributed by atoms with van der Waals surface area (Å²) in [6.07, 6.45) is 2.73. The third kappa shape index (κ3) is 2.76. The van der Waals surface area contributed by atoms with E-state index in [2.05, 4.69) is 10.2 Å². The first-order chi connectivity index (χ1) is 13.4. The Bertz CT molecular complexity index is 1130. The Morgan fingerprint density at radius 1 is 1.14 bits per heavy atom. The predicted octanol–water partition coefficient (Wildman–Crippen LogP) is 3.13. The second-order valence-corrected chi connectivity index (χ2v) is 10.3. The van der Waals surface area contributed by atoms with Gasteiger partial charge in [0.1, 0.15) is 0 Å². The highest BCUT2D eigenvalue weighted by atomic mass is 35.5. The smallest absolute Gasteiger partial charge is 0.243 e. The molecule has 8 heteroatoms. The molecule has 0 amide bonds. The predicted molar refractivity (Wildman–Crippen MR) is 106 cm³/mol. The van der Waals surface area contributed by atoms with Gasteiger partial charge >= 0.3 is 0 Å². The molecule has 6 nitrogen and oxygen atoms in total. The van der Waals surface area contributed by atoms with E-state index in [-0.39, 0.29) is 11.8 Å². The molecule has 146 valence electrons. The molecule has 0 radical (unpaired) electrons. The Balaban J connectivity index is 1.42. The van der Waals surface area contributed by atoms with Crippen molar-refractivity contribution in [3.8, 4) is 0 Å². The van der Waals surface area contributed by atoms with Crippen molar-refractivity contribution in [2.75, 3.05) is 13.1 Å². The van der Waals surface area contributed by atoms with Crippen LogP contribution in [0.2, 0.25) is 5.02 Å². The number of nitrogens with zero attached hydrogens (tertiary/aromatic N) is 2. The molecule has 1 saturated carbocycles. The zero-order chi connectivity index (χ0) is 19.5. The van der Waals surface area contributed by atoms with Crippen LogP contribution in [0.4, 0.5) is 0 Å². The van der Waals surface area contributed by atoms with Crippen LogP contribution >= 0.6 is 11.6 Å². The second-order valence-electron chi connectivity index (χ2n) is 7.88. The Morgan fingerprint density at radius 3 is 2.50 bits per heavy atom. The minimum atomic E-state index is -3.50. The molecule has 2 fully saturated rings. The number of nitrogens with one attached hydrogen (secondary N) is 1. The number of fused-ring (bicyclic) bond motifs is 2. The van der Waals surface area contributed by atoms with E-state index >= 15 is 0 Å². The number of H-pyrrole nitrogens is 1. The van der Waals surface area contributed by atoms with Crippen molar-refractivity contribution in [2.45, 2.75) is 23.3 Å². The fourth-order valence-corrected chi connectivity index (χ4v) is 6.66. The monoisotopic (exact) mass is 417 g/mol. The average molecular weight is 418 g/mol. The van der Waals surface area contributed by atoms with E-state index in [1.165, 1.54) is 0 Å². The van der Waals surface area contributed by atoms with Gasteiger partial charge in [-0.1, -0.05) is 29.8 Å². The summed E-state index contributed by atoms with van der Waals surface area (Å²) in [5, 5.41) is 19.8. The number of benzene rings is 2. The lowest BCUT2D eigenvalue weighted by Gasteiger charge is -2.27. The van der Waals surface area contributed by atoms with Crippen LogP contribution in [-0.4, -0.2) is 41.1 Å². The standard InChI is InChI=1S/C20H20ClN3O3S/c21-15-6-18(17-10-22-23-19(17)7-15)20(25)8-13-11-24(12-14(13)9-20)28(26,27)16-4-2-1-3-5-16/h1-7,10,13-14,25H,8-9,11-12H2,(H,22,23). The van der Waals surface area contributed by atoms with Gasteiger partial charge < -0.3 is 5.11 Å². The number of aromatic amines is 1. The summed E-state index contributed by atoms with van der Waals surface area (Å²) in [7, 11) is -3.50. The van der Waals surface area contributed by atoms with Crippen LogP contribution in [0.25, 0.3) is 10.9 Å². The van der Waals surface area contributed by atoms with Crippen molar-refractivity contribution in [2.24, 2.45) is 11.8 Å². The number of hydrogen-bond acceptors (Lipinski definition) is 4. The van der Waals surface area contributed by atoms with Gasteiger partial charge in [-0.3, -0.25) is 5.10 Å². The van der Waals surface area contributed by atoms with Crippen molar-refractivity contribution in [1.82, 2.24) is 14.5 Å². The van der Waals surface area contributed by atoms with Gasteiger partial charge in [0.2, 0.25) is 10.0 Å². The molecule has 2 unspecified atom stereocenters. The number of aliphatic hydroxyl groups is 1. The van der Waals surface area contributed by atoms with Crippen LogP contribution < -0.4 is 0 Å². The molecule has 2 aliphatic rings. The molecule has 2 heterocycles. The van der Waals surface area contributed by atoms with Crippen LogP contribution in [0.3, 0.4) is 0 Å². The molecular formula is C20H20ClN3O3S. The normalized spacial score (nSPS) is 28.1. The maximum absolute atomic E-state index is 12.9. The first kappa shape index (κ1) is 18.1. The van der Waals surface area contributed by atoms with E-state index in [1.54, 1.807) is 53.0 Å². The molecule has 0 bridgehead atoms. The lowest BCUT2D eigenvalue weighted by Crippen LogP contribution is -2.32. The Kier molecular flexibility index (Phi) is 4.07. The van der Waals surface area contributed by atoms with Crippen molar-refractivity contribution >= 4 is 32.5 Å². The Morgan fingerprint density at radius 2 is 1.82 bits per heavy atom. The van der Waals surface area contributed by atoms with Crippen LogP contribution in [0.5, 0.6) is 0 Å². The number of hydrogen-bond donors (Lipinski definition) is 2. The lowest BCUT2D eigenvalue weighted by molar-refractivity contribution is 0.0353. The Labute approximate surface area is 168 Å². The molecular weight excluding hydrogens is 398 g/mol. The van der Waals surface area contributed by atoms with Gasteiger partial charge in [0.05, 0.1) is 22.2 Å². The van der Waals surface area contributed by atoms with Crippen molar-refractivity contribution < 1.29 is 13.5 Å². The number of halogens is 1. The molecule has 3 aromatic rings. The van der Waals surface area contributed by atoms with Crippen molar-refractivity contribution in [1.29, 1.82) is 0 Å². The highest BCUT2D eigenvalue weighted by molar-refractivity contribution is 7.89. The molecule has 0 spiro atoms. The zero-order valence-corrected chi connectivity index (χ0v) is 16.6. The highest BCUT2D eigenvalue weighted by Gasteiger charge is 2.51. The van der Waals surface area contributed by atoms with Gasteiger partial charge in [0.15, 0.2) is 0 Å². The summed E-state index contributed by atoms with van der Waals surface area (Å²) in [5.41, 5.74) is 0.544. The van der Waals surface area contributed by atoms with Gasteiger partial charge in [-0.05, 0) is 54.5 Å². The molecule has 1 saturated heterocycles. The minimum absolute atomic E-state index is 0.115. The summed E-state index contributed by atoms with van der Waals surface area (Å²) in [4.78, 5) is 0.320. The maximum atomic E-state index is 12.9. The minimum Gasteiger partial charge on any atom is -0.385 e. The first-order valence-corrected chi connectivity index (χ1v) is 11.1. The molecule has 5 rings (SSSR count). The van der Waals surface area contributed by atoms with E-state index < -0.39 is 15.6 Å². The fourth-order valence-electron chi connectivity index (χ4n) is 4.87. The van der Waals surface area contributed by atoms with E-state index in [0.717, 1.165) is 16.5 Å². The average Bonchev–Trinajstić information content (AvgIpc) is 3.35. The van der Waals surface area contributed by atoms with Gasteiger partial charge in [0.25, 0.3) is 0 Å². The third-order valence-corrected chi connectivity index (χ3v) is 8.21. The van der Waals surface area contributed by atoms with E-state index in [4.69, 9.17) is 11.6 Å². The summed E-state index contributed by atoms with van der Waals surface area (Å²) >= 11 is 6.25. The summed E-state index contributed by atoms with van der Waals surface area (Å²) in [6, 6.07) is 12.1. The first-order valence-electron chi connectivity index (χ1n) is 9.27. The number of rotatable bonds is 3. The quantitative estimate of drug-likeness (QED) is 0.685. The van der Waals surface area contributed by atoms with E-state index in [9.17, 15) is 13.5 Å². The van der Waals surface area contributed by atoms with Gasteiger partial charge in [-0.2, -0.15) is 9.40 Å². The second kappa shape index (κ2) is 6.29. The molecule has 2 aromatic carbocycles. The maximum Gasteiger partial charge on any atom is 0.243 e. The lowest BCUT2D eigenvalue weighted by atomic mass is 9.88. The molecule has 1 aliphatic carbocycles. The molecule has 1 aliphatic heterocycles. The van der Waals surface area contributed by atoms with Crippen molar-refractivity contribution in [3.05, 3.63) is 59.2 Å². The summed E-state index contributed by atoms with van der Waals surface area (Å²) in [5.74, 6) is 0.230. The number of sulfonamides is 1. The van der Waals surface area contributed by atoms with Gasteiger partial charge in [0, 0.05) is 23.5 Å². The Hall–Kier alpha value is -1.93. The van der Waals surface area contributed by atoms with Crippen LogP contribution in [0.15, 0.2) is 53.6 Å². The molecule has 1 aromatic heterocycles. The molecule has 2 atom stereocenters. The summed E-state index contributed by atoms with van der Waals surface area (Å²) < 4.78 is 27.4. The van der Waals surface area contributed by atoms with E-state index in [1.807, 2.05) is 0 Å². The van der Waals surface area contributed by atoms with Crippen LogP contribution in [0, 0.1) is 11.8 Å². The zero-order valence-electron chi connectivity index (χ0n) is 15.0. The molecule has 2 N–H and O–H groups in total. The van der Waals surface area contributed by atoms with Crippen LogP contribution in [0.1, 0.15) is 18.4 Å².